The van der Waals surface area contributed by atoms with Gasteiger partial charge in [0.2, 0.25) is 17.3 Å². The van der Waals surface area contributed by atoms with Crippen LogP contribution in [0.15, 0.2) is 53.2 Å². The molecule has 1 saturated carbocycles. The molecule has 5 rings (SSSR count). The van der Waals surface area contributed by atoms with Gasteiger partial charge in [-0.2, -0.15) is 0 Å². The van der Waals surface area contributed by atoms with Gasteiger partial charge in [-0.25, -0.2) is 4.98 Å². The summed E-state index contributed by atoms with van der Waals surface area (Å²) in [7, 11) is 0. The van der Waals surface area contributed by atoms with Gasteiger partial charge in [-0.1, -0.05) is 35.5 Å². The number of nitrogens with zero attached hydrogens (tertiary/aromatic N) is 3. The Bertz CT molecular complexity index is 1050. The number of rotatable bonds is 4. The molecule has 7 nitrogen and oxygen atoms in total. The zero-order valence-corrected chi connectivity index (χ0v) is 16.0. The lowest BCUT2D eigenvalue weighted by Gasteiger charge is -2.33. The highest BCUT2D eigenvalue weighted by Gasteiger charge is 2.56. The Kier molecular flexibility index (Phi) is 4.30. The fourth-order valence-electron chi connectivity index (χ4n) is 4.36. The number of pyridine rings is 1. The molecule has 2 amide bonds. The monoisotopic (exact) mass is 390 g/mol. The number of hydrogen-bond donors (Lipinski definition) is 1. The van der Waals surface area contributed by atoms with Crippen LogP contribution >= 0.6 is 0 Å². The largest absolute Gasteiger partial charge is 0.348 e. The SMILES string of the molecule is O=C(NC1CC12CCN(C(=O)Cc1ccccc1)CC2)c1onc2ncccc12. The van der Waals surface area contributed by atoms with Crippen molar-refractivity contribution in [2.75, 3.05) is 13.1 Å². The molecule has 1 N–H and O–H groups in total. The average Bonchev–Trinajstić information content (AvgIpc) is 3.21. The molecular weight excluding hydrogens is 368 g/mol. The van der Waals surface area contributed by atoms with E-state index in [1.54, 1.807) is 18.3 Å². The third-order valence-corrected chi connectivity index (χ3v) is 6.27. The first-order valence-corrected chi connectivity index (χ1v) is 9.98. The van der Waals surface area contributed by atoms with E-state index in [0.29, 0.717) is 17.5 Å². The zero-order chi connectivity index (χ0) is 19.8. The summed E-state index contributed by atoms with van der Waals surface area (Å²) in [6.07, 6.45) is 4.84. The Morgan fingerprint density at radius 3 is 2.72 bits per heavy atom. The first kappa shape index (κ1) is 17.8. The number of likely N-dealkylation sites (tertiary alicyclic amines) is 1. The van der Waals surface area contributed by atoms with Crippen LogP contribution in [-0.4, -0.2) is 46.0 Å². The van der Waals surface area contributed by atoms with Crippen molar-refractivity contribution in [2.45, 2.75) is 31.7 Å². The van der Waals surface area contributed by atoms with Crippen molar-refractivity contribution in [1.82, 2.24) is 20.4 Å². The summed E-state index contributed by atoms with van der Waals surface area (Å²) in [5, 5.41) is 7.56. The summed E-state index contributed by atoms with van der Waals surface area (Å²) in [4.78, 5) is 31.2. The van der Waals surface area contributed by atoms with Crippen molar-refractivity contribution in [2.24, 2.45) is 5.41 Å². The molecule has 2 aromatic heterocycles. The summed E-state index contributed by atoms with van der Waals surface area (Å²) >= 11 is 0. The molecule has 2 fully saturated rings. The van der Waals surface area contributed by atoms with Gasteiger partial charge in [0.25, 0.3) is 5.91 Å². The molecule has 1 aliphatic heterocycles. The lowest BCUT2D eigenvalue weighted by molar-refractivity contribution is -0.132. The van der Waals surface area contributed by atoms with Gasteiger partial charge in [0, 0.05) is 25.3 Å². The third-order valence-electron chi connectivity index (χ3n) is 6.27. The van der Waals surface area contributed by atoms with E-state index in [1.807, 2.05) is 35.2 Å². The molecule has 3 heterocycles. The molecule has 1 aromatic carbocycles. The minimum Gasteiger partial charge on any atom is -0.348 e. The normalized spacial score (nSPS) is 20.0. The van der Waals surface area contributed by atoms with Gasteiger partial charge < -0.3 is 14.7 Å². The quantitative estimate of drug-likeness (QED) is 0.740. The Hall–Kier alpha value is -3.22. The van der Waals surface area contributed by atoms with Crippen LogP contribution in [0.3, 0.4) is 0 Å². The second-order valence-electron chi connectivity index (χ2n) is 8.02. The average molecular weight is 390 g/mol. The summed E-state index contributed by atoms with van der Waals surface area (Å²) in [5.41, 5.74) is 1.59. The molecule has 2 aliphatic rings. The summed E-state index contributed by atoms with van der Waals surface area (Å²) in [6.45, 7) is 1.49. The topological polar surface area (TPSA) is 88.3 Å². The molecule has 0 bridgehead atoms. The van der Waals surface area contributed by atoms with Crippen LogP contribution in [-0.2, 0) is 11.2 Å². The Labute approximate surface area is 168 Å². The fourth-order valence-corrected chi connectivity index (χ4v) is 4.36. The molecule has 3 aromatic rings. The van der Waals surface area contributed by atoms with Gasteiger partial charge >= 0.3 is 0 Å². The van der Waals surface area contributed by atoms with Crippen molar-refractivity contribution < 1.29 is 14.1 Å². The van der Waals surface area contributed by atoms with Crippen LogP contribution in [0.2, 0.25) is 0 Å². The molecule has 1 saturated heterocycles. The molecular formula is C22H22N4O3. The number of amides is 2. The van der Waals surface area contributed by atoms with E-state index in [9.17, 15) is 9.59 Å². The van der Waals surface area contributed by atoms with E-state index in [1.165, 1.54) is 0 Å². The van der Waals surface area contributed by atoms with Crippen molar-refractivity contribution in [3.63, 3.8) is 0 Å². The smallest absolute Gasteiger partial charge is 0.290 e. The maximum atomic E-state index is 12.6. The maximum Gasteiger partial charge on any atom is 0.290 e. The zero-order valence-electron chi connectivity index (χ0n) is 16.0. The van der Waals surface area contributed by atoms with Gasteiger partial charge in [0.05, 0.1) is 11.8 Å². The maximum absolute atomic E-state index is 12.6. The molecule has 29 heavy (non-hydrogen) atoms. The molecule has 1 unspecified atom stereocenters. The minimum absolute atomic E-state index is 0.104. The molecule has 1 atom stereocenters. The van der Waals surface area contributed by atoms with Crippen molar-refractivity contribution in [3.05, 3.63) is 60.0 Å². The number of fused-ring (bicyclic) bond motifs is 1. The second kappa shape index (κ2) is 6.99. The number of carbonyl (C=O) groups excluding carboxylic acids is 2. The number of carbonyl (C=O) groups is 2. The standard InChI is InChI=1S/C22H22N4O3/c27-18(13-15-5-2-1-3-6-15)26-11-8-22(9-12-26)14-17(22)24-21(28)19-16-7-4-10-23-20(16)25-29-19/h1-7,10,17H,8-9,11-14H2,(H,24,28). The lowest BCUT2D eigenvalue weighted by atomic mass is 9.92. The Morgan fingerprint density at radius 1 is 1.14 bits per heavy atom. The molecule has 0 radical (unpaired) electrons. The minimum atomic E-state index is -0.245. The lowest BCUT2D eigenvalue weighted by Crippen LogP contribution is -2.42. The number of piperidine rings is 1. The van der Waals surface area contributed by atoms with Crippen LogP contribution in [0.4, 0.5) is 0 Å². The van der Waals surface area contributed by atoms with E-state index in [-0.39, 0.29) is 29.0 Å². The first-order chi connectivity index (χ1) is 14.1. The molecule has 1 spiro atoms. The van der Waals surface area contributed by atoms with Crippen LogP contribution in [0.25, 0.3) is 11.0 Å². The van der Waals surface area contributed by atoms with Crippen LogP contribution in [0.5, 0.6) is 0 Å². The van der Waals surface area contributed by atoms with Gasteiger partial charge in [-0.3, -0.25) is 9.59 Å². The highest BCUT2D eigenvalue weighted by Crippen LogP contribution is 2.54. The molecule has 7 heteroatoms. The van der Waals surface area contributed by atoms with Gasteiger partial charge in [0.15, 0.2) is 0 Å². The van der Waals surface area contributed by atoms with Crippen molar-refractivity contribution >= 4 is 22.8 Å². The Balaban J connectivity index is 1.17. The van der Waals surface area contributed by atoms with E-state index in [0.717, 1.165) is 37.9 Å². The van der Waals surface area contributed by atoms with Crippen LogP contribution in [0.1, 0.15) is 35.4 Å². The van der Waals surface area contributed by atoms with Crippen molar-refractivity contribution in [3.8, 4) is 0 Å². The second-order valence-corrected chi connectivity index (χ2v) is 8.02. The van der Waals surface area contributed by atoms with Crippen LogP contribution < -0.4 is 5.32 Å². The number of aromatic nitrogens is 2. The van der Waals surface area contributed by atoms with Gasteiger partial charge in [-0.15, -0.1) is 0 Å². The number of nitrogens with one attached hydrogen (secondary N) is 1. The van der Waals surface area contributed by atoms with Crippen LogP contribution in [0, 0.1) is 5.41 Å². The molecule has 148 valence electrons. The van der Waals surface area contributed by atoms with Crippen molar-refractivity contribution in [1.29, 1.82) is 0 Å². The predicted octanol–water partition coefficient (Wildman–Crippen LogP) is 2.58. The van der Waals surface area contributed by atoms with Gasteiger partial charge in [0.1, 0.15) is 0 Å². The first-order valence-electron chi connectivity index (χ1n) is 9.98. The summed E-state index contributed by atoms with van der Waals surface area (Å²) in [6, 6.07) is 13.5. The highest BCUT2D eigenvalue weighted by molar-refractivity contribution is 6.03. The van der Waals surface area contributed by atoms with E-state index in [4.69, 9.17) is 4.52 Å². The third kappa shape index (κ3) is 3.37. The predicted molar refractivity (Wildman–Crippen MR) is 106 cm³/mol. The van der Waals surface area contributed by atoms with E-state index in [2.05, 4.69) is 15.5 Å². The van der Waals surface area contributed by atoms with Gasteiger partial charge in [-0.05, 0) is 42.4 Å². The van der Waals surface area contributed by atoms with E-state index >= 15 is 0 Å². The summed E-state index contributed by atoms with van der Waals surface area (Å²) in [5.74, 6) is 0.142. The summed E-state index contributed by atoms with van der Waals surface area (Å²) < 4.78 is 5.21. The Morgan fingerprint density at radius 2 is 1.93 bits per heavy atom. The highest BCUT2D eigenvalue weighted by atomic mass is 16.5. The number of hydrogen-bond acceptors (Lipinski definition) is 5. The number of benzene rings is 1. The molecule has 1 aliphatic carbocycles. The fraction of sp³-hybridized carbons (Fsp3) is 0.364. The van der Waals surface area contributed by atoms with E-state index < -0.39 is 0 Å².